The van der Waals surface area contributed by atoms with Gasteiger partial charge in [-0.1, -0.05) is 61.5 Å². The van der Waals surface area contributed by atoms with Crippen molar-refractivity contribution in [3.05, 3.63) is 82.7 Å². The van der Waals surface area contributed by atoms with Crippen LogP contribution in [0.15, 0.2) is 59.1 Å². The number of benzene rings is 2. The highest BCUT2D eigenvalue weighted by molar-refractivity contribution is 5.96. The predicted molar refractivity (Wildman–Crippen MR) is 130 cm³/mol. The predicted octanol–water partition coefficient (Wildman–Crippen LogP) is 4.67. The van der Waals surface area contributed by atoms with Gasteiger partial charge in [0.25, 0.3) is 5.91 Å². The number of amides is 2. The molecule has 0 spiro atoms. The van der Waals surface area contributed by atoms with Crippen molar-refractivity contribution >= 4 is 17.7 Å². The highest BCUT2D eigenvalue weighted by Crippen LogP contribution is 2.23. The summed E-state index contributed by atoms with van der Waals surface area (Å²) in [6, 6.07) is 16.8. The molecular weight excluding hydrogens is 432 g/mol. The lowest BCUT2D eigenvalue weighted by Crippen LogP contribution is -2.42. The lowest BCUT2D eigenvalue weighted by molar-refractivity contribution is 0.0671. The van der Waals surface area contributed by atoms with Gasteiger partial charge >= 0.3 is 6.09 Å². The van der Waals surface area contributed by atoms with Crippen molar-refractivity contribution in [1.29, 1.82) is 0 Å². The van der Waals surface area contributed by atoms with Crippen LogP contribution in [0, 0.1) is 19.3 Å². The molecule has 3 aromatic rings. The minimum absolute atomic E-state index is 0.168. The van der Waals surface area contributed by atoms with Crippen LogP contribution >= 0.6 is 0 Å². The number of aromatic nitrogens is 1. The number of aryl methyl sites for hydroxylation is 2. The summed E-state index contributed by atoms with van der Waals surface area (Å²) in [6.07, 6.45) is -0.547. The average molecular weight is 465 g/mol. The zero-order chi connectivity index (χ0) is 24.7. The number of nitrogens with two attached hydrogens (primary N) is 1. The van der Waals surface area contributed by atoms with Gasteiger partial charge in [-0.15, -0.1) is 0 Å². The Labute approximate surface area is 200 Å². The monoisotopic (exact) mass is 464 g/mol. The van der Waals surface area contributed by atoms with Crippen LogP contribution in [0.2, 0.25) is 0 Å². The zero-order valence-corrected chi connectivity index (χ0v) is 20.1. The first-order valence-corrected chi connectivity index (χ1v) is 11.2. The Morgan fingerprint density at radius 2 is 1.79 bits per heavy atom. The molecule has 8 nitrogen and oxygen atoms in total. The summed E-state index contributed by atoms with van der Waals surface area (Å²) in [5.74, 6) is 0.313. The summed E-state index contributed by atoms with van der Waals surface area (Å²) in [7, 11) is 0. The molecule has 0 aliphatic rings. The third kappa shape index (κ3) is 6.68. The summed E-state index contributed by atoms with van der Waals surface area (Å²) in [4.78, 5) is 27.4. The molecule has 3 N–H and O–H groups in total. The summed E-state index contributed by atoms with van der Waals surface area (Å²) >= 11 is 0. The van der Waals surface area contributed by atoms with Gasteiger partial charge in [0.05, 0.1) is 5.69 Å². The number of rotatable bonds is 9. The Balaban J connectivity index is 1.73. The molecule has 3 rings (SSSR count). The van der Waals surface area contributed by atoms with Gasteiger partial charge in [0.2, 0.25) is 0 Å². The molecule has 0 saturated carbocycles. The van der Waals surface area contributed by atoms with Gasteiger partial charge in [-0.2, -0.15) is 0 Å². The summed E-state index contributed by atoms with van der Waals surface area (Å²) in [5, 5.41) is 6.67. The van der Waals surface area contributed by atoms with Crippen LogP contribution in [0.1, 0.15) is 46.8 Å². The minimum Gasteiger partial charge on any atom is -0.444 e. The van der Waals surface area contributed by atoms with Gasteiger partial charge in [-0.3, -0.25) is 10.1 Å². The first-order chi connectivity index (χ1) is 16.2. The average Bonchev–Trinajstić information content (AvgIpc) is 3.15. The van der Waals surface area contributed by atoms with E-state index in [2.05, 4.69) is 10.5 Å². The number of nitrogens with zero attached hydrogens (tertiary/aromatic N) is 2. The van der Waals surface area contributed by atoms with Crippen LogP contribution in [0.5, 0.6) is 0 Å². The number of nitrogens with one attached hydrogen (secondary N) is 1. The number of carbonyl (C=O) groups excluding carboxylic acids is 2. The molecule has 1 heterocycles. The Morgan fingerprint density at radius 1 is 1.09 bits per heavy atom. The standard InChI is InChI=1S/C26H32N4O4/c1-18-23(19(2)34-29-18)24(31)30(17-26(3,4)16-27)14-21-11-8-12-22(13-21)28-25(32)33-15-20-9-6-5-7-10-20/h5-13H,14-17,27H2,1-4H3,(H,28,32). The third-order valence-electron chi connectivity index (χ3n) is 5.47. The quantitative estimate of drug-likeness (QED) is 0.476. The number of carbonyl (C=O) groups is 2. The van der Waals surface area contributed by atoms with Crippen molar-refractivity contribution in [3.8, 4) is 0 Å². The minimum atomic E-state index is -0.547. The van der Waals surface area contributed by atoms with E-state index >= 15 is 0 Å². The smallest absolute Gasteiger partial charge is 0.411 e. The van der Waals surface area contributed by atoms with E-state index in [0.717, 1.165) is 11.1 Å². The Morgan fingerprint density at radius 3 is 2.44 bits per heavy atom. The molecule has 2 aromatic carbocycles. The van der Waals surface area contributed by atoms with Crippen molar-refractivity contribution in [1.82, 2.24) is 10.1 Å². The van der Waals surface area contributed by atoms with Crippen molar-refractivity contribution in [2.24, 2.45) is 11.1 Å². The highest BCUT2D eigenvalue weighted by atomic mass is 16.5. The Bertz CT molecular complexity index is 1110. The third-order valence-corrected chi connectivity index (χ3v) is 5.47. The second-order valence-corrected chi connectivity index (χ2v) is 9.12. The van der Waals surface area contributed by atoms with Gasteiger partial charge in [0.1, 0.15) is 17.9 Å². The van der Waals surface area contributed by atoms with E-state index in [1.54, 1.807) is 24.8 Å². The fraction of sp³-hybridized carbons (Fsp3) is 0.346. The van der Waals surface area contributed by atoms with Crippen LogP contribution in [0.25, 0.3) is 0 Å². The van der Waals surface area contributed by atoms with Crippen molar-refractivity contribution in [2.45, 2.75) is 40.8 Å². The summed E-state index contributed by atoms with van der Waals surface area (Å²) in [6.45, 7) is 8.90. The molecule has 2 amide bonds. The van der Waals surface area contributed by atoms with Crippen molar-refractivity contribution in [2.75, 3.05) is 18.4 Å². The van der Waals surface area contributed by atoms with E-state index in [9.17, 15) is 9.59 Å². The SMILES string of the molecule is Cc1noc(C)c1C(=O)N(Cc1cccc(NC(=O)OCc2ccccc2)c1)CC(C)(C)CN. The van der Waals surface area contributed by atoms with Crippen molar-refractivity contribution < 1.29 is 18.8 Å². The van der Waals surface area contributed by atoms with Gasteiger partial charge in [-0.05, 0) is 49.1 Å². The van der Waals surface area contributed by atoms with Crippen LogP contribution in [0.4, 0.5) is 10.5 Å². The second kappa shape index (κ2) is 11.0. The van der Waals surface area contributed by atoms with E-state index in [-0.39, 0.29) is 17.9 Å². The van der Waals surface area contributed by atoms with Gasteiger partial charge in [-0.25, -0.2) is 4.79 Å². The Hall–Kier alpha value is -3.65. The number of hydrogen-bond acceptors (Lipinski definition) is 6. The van der Waals surface area contributed by atoms with Crippen LogP contribution in [-0.2, 0) is 17.9 Å². The maximum absolute atomic E-state index is 13.4. The van der Waals surface area contributed by atoms with E-state index in [1.807, 2.05) is 62.4 Å². The molecule has 8 heteroatoms. The van der Waals surface area contributed by atoms with Crippen molar-refractivity contribution in [3.63, 3.8) is 0 Å². The number of anilines is 1. The molecule has 0 unspecified atom stereocenters. The van der Waals surface area contributed by atoms with Gasteiger partial charge < -0.3 is 19.9 Å². The van der Waals surface area contributed by atoms with E-state index in [0.29, 0.717) is 42.3 Å². The summed E-state index contributed by atoms with van der Waals surface area (Å²) < 4.78 is 10.5. The molecule has 180 valence electrons. The largest absolute Gasteiger partial charge is 0.444 e. The molecule has 0 fully saturated rings. The molecule has 0 saturated heterocycles. The second-order valence-electron chi connectivity index (χ2n) is 9.12. The zero-order valence-electron chi connectivity index (χ0n) is 20.1. The fourth-order valence-electron chi connectivity index (χ4n) is 3.57. The van der Waals surface area contributed by atoms with Crippen LogP contribution in [0.3, 0.4) is 0 Å². The fourth-order valence-corrected chi connectivity index (χ4v) is 3.57. The van der Waals surface area contributed by atoms with Gasteiger partial charge in [0, 0.05) is 18.8 Å². The normalized spacial score (nSPS) is 11.2. The molecule has 1 aromatic heterocycles. The number of ether oxygens (including phenoxy) is 1. The molecule has 0 radical (unpaired) electrons. The first-order valence-electron chi connectivity index (χ1n) is 11.2. The maximum atomic E-state index is 13.4. The van der Waals surface area contributed by atoms with E-state index in [1.165, 1.54) is 0 Å². The van der Waals surface area contributed by atoms with Crippen LogP contribution in [-0.4, -0.2) is 35.1 Å². The maximum Gasteiger partial charge on any atom is 0.411 e. The molecule has 0 aliphatic carbocycles. The van der Waals surface area contributed by atoms with E-state index in [4.69, 9.17) is 15.0 Å². The molecule has 0 aliphatic heterocycles. The molecular formula is C26H32N4O4. The molecule has 0 atom stereocenters. The highest BCUT2D eigenvalue weighted by Gasteiger charge is 2.28. The number of hydrogen-bond donors (Lipinski definition) is 2. The van der Waals surface area contributed by atoms with E-state index < -0.39 is 6.09 Å². The molecule has 34 heavy (non-hydrogen) atoms. The lowest BCUT2D eigenvalue weighted by atomic mass is 9.92. The van der Waals surface area contributed by atoms with Gasteiger partial charge in [0.15, 0.2) is 0 Å². The van der Waals surface area contributed by atoms with Crippen LogP contribution < -0.4 is 11.1 Å². The molecule has 0 bridgehead atoms. The Kier molecular flexibility index (Phi) is 8.07. The lowest BCUT2D eigenvalue weighted by Gasteiger charge is -2.32. The topological polar surface area (TPSA) is 111 Å². The summed E-state index contributed by atoms with van der Waals surface area (Å²) in [5.41, 5.74) is 9.02. The first kappa shape index (κ1) is 25.0.